The molecule has 0 radical (unpaired) electrons. The van der Waals surface area contributed by atoms with Crippen molar-refractivity contribution < 1.29 is 29.0 Å². The average Bonchev–Trinajstić information content (AvgIpc) is 3.00. The summed E-state index contributed by atoms with van der Waals surface area (Å²) in [7, 11) is 0. The lowest BCUT2D eigenvalue weighted by Gasteiger charge is -2.31. The molecule has 1 aliphatic rings. The zero-order valence-corrected chi connectivity index (χ0v) is 15.9. The van der Waals surface area contributed by atoms with Crippen molar-refractivity contribution in [1.82, 2.24) is 10.4 Å². The Hall–Kier alpha value is -2.81. The minimum atomic E-state index is -1.05. The topological polar surface area (TPSA) is 99.1 Å². The Balaban J connectivity index is 1.58. The molecule has 0 spiro atoms. The molecule has 0 aliphatic carbocycles. The molecule has 29 heavy (non-hydrogen) atoms. The Labute approximate surface area is 167 Å². The van der Waals surface area contributed by atoms with Gasteiger partial charge in [-0.2, -0.15) is 0 Å². The van der Waals surface area contributed by atoms with Crippen molar-refractivity contribution in [3.8, 4) is 0 Å². The number of carbonyl (C=O) groups excluding carboxylic acids is 2. The van der Waals surface area contributed by atoms with E-state index >= 15 is 0 Å². The summed E-state index contributed by atoms with van der Waals surface area (Å²) < 4.78 is 19.3. The van der Waals surface area contributed by atoms with Gasteiger partial charge in [-0.25, -0.2) is 9.45 Å². The van der Waals surface area contributed by atoms with Crippen molar-refractivity contribution in [1.29, 1.82) is 0 Å². The van der Waals surface area contributed by atoms with Gasteiger partial charge in [-0.3, -0.25) is 14.8 Å². The first-order chi connectivity index (χ1) is 13.8. The van der Waals surface area contributed by atoms with E-state index in [2.05, 4.69) is 5.32 Å². The highest BCUT2D eigenvalue weighted by molar-refractivity contribution is 5.94. The van der Waals surface area contributed by atoms with E-state index in [9.17, 15) is 24.3 Å². The SMILES string of the molecule is C[C@@]1(CN(O)C(=O)c2ccccc2)CO[C@H](CNC(=O)c2ccccc2F)[C@H]1O. The fourth-order valence-corrected chi connectivity index (χ4v) is 3.31. The monoisotopic (exact) mass is 402 g/mol. The van der Waals surface area contributed by atoms with Crippen LogP contribution in [0, 0.1) is 11.2 Å². The molecule has 3 N–H and O–H groups in total. The Morgan fingerprint density at radius 1 is 1.21 bits per heavy atom. The van der Waals surface area contributed by atoms with Gasteiger partial charge in [0, 0.05) is 17.5 Å². The maximum Gasteiger partial charge on any atom is 0.277 e. The molecule has 0 saturated carbocycles. The fraction of sp³-hybridized carbons (Fsp3) is 0.333. The van der Waals surface area contributed by atoms with E-state index in [0.29, 0.717) is 10.6 Å². The van der Waals surface area contributed by atoms with E-state index < -0.39 is 35.3 Å². The van der Waals surface area contributed by atoms with Crippen LogP contribution >= 0.6 is 0 Å². The first-order valence-electron chi connectivity index (χ1n) is 9.20. The van der Waals surface area contributed by atoms with Gasteiger partial charge >= 0.3 is 0 Å². The lowest BCUT2D eigenvalue weighted by Crippen LogP contribution is -2.47. The number of amides is 2. The molecule has 2 amide bonds. The van der Waals surface area contributed by atoms with Crippen LogP contribution in [0.1, 0.15) is 27.6 Å². The number of ether oxygens (including phenoxy) is 1. The van der Waals surface area contributed by atoms with Gasteiger partial charge in [-0.05, 0) is 24.3 Å². The third-order valence-corrected chi connectivity index (χ3v) is 5.04. The quantitative estimate of drug-likeness (QED) is 0.506. The lowest BCUT2D eigenvalue weighted by molar-refractivity contribution is -0.0940. The molecular formula is C21H23FN2O5. The van der Waals surface area contributed by atoms with Crippen molar-refractivity contribution >= 4 is 11.8 Å². The molecule has 154 valence electrons. The number of aliphatic hydroxyl groups excluding tert-OH is 1. The van der Waals surface area contributed by atoms with Gasteiger partial charge in [0.25, 0.3) is 11.8 Å². The Morgan fingerprint density at radius 3 is 2.55 bits per heavy atom. The molecule has 2 aromatic carbocycles. The van der Waals surface area contributed by atoms with Crippen molar-refractivity contribution in [2.45, 2.75) is 19.1 Å². The van der Waals surface area contributed by atoms with Gasteiger partial charge in [0.15, 0.2) is 0 Å². The second kappa shape index (κ2) is 8.69. The Kier molecular flexibility index (Phi) is 6.26. The van der Waals surface area contributed by atoms with Crippen molar-refractivity contribution in [2.75, 3.05) is 19.7 Å². The van der Waals surface area contributed by atoms with E-state index in [1.165, 1.54) is 18.2 Å². The van der Waals surface area contributed by atoms with E-state index in [0.717, 1.165) is 0 Å². The molecule has 8 heteroatoms. The lowest BCUT2D eigenvalue weighted by atomic mass is 9.84. The van der Waals surface area contributed by atoms with E-state index in [4.69, 9.17) is 4.74 Å². The Morgan fingerprint density at radius 2 is 1.86 bits per heavy atom. The predicted molar refractivity (Wildman–Crippen MR) is 102 cm³/mol. The maximum atomic E-state index is 13.7. The van der Waals surface area contributed by atoms with Gasteiger partial charge in [-0.1, -0.05) is 37.3 Å². The summed E-state index contributed by atoms with van der Waals surface area (Å²) in [4.78, 5) is 24.5. The molecule has 0 aromatic heterocycles. The molecule has 3 rings (SSSR count). The number of halogens is 1. The van der Waals surface area contributed by atoms with E-state index in [1.54, 1.807) is 43.3 Å². The van der Waals surface area contributed by atoms with E-state index in [1.807, 2.05) is 0 Å². The van der Waals surface area contributed by atoms with Crippen LogP contribution in [0.5, 0.6) is 0 Å². The fourth-order valence-electron chi connectivity index (χ4n) is 3.31. The van der Waals surface area contributed by atoms with Gasteiger partial charge in [0.05, 0.1) is 24.8 Å². The number of aliphatic hydroxyl groups is 1. The third kappa shape index (κ3) is 4.61. The van der Waals surface area contributed by atoms with Gasteiger partial charge in [0.2, 0.25) is 0 Å². The minimum Gasteiger partial charge on any atom is -0.390 e. The zero-order chi connectivity index (χ0) is 21.0. The summed E-state index contributed by atoms with van der Waals surface area (Å²) >= 11 is 0. The first-order valence-corrected chi connectivity index (χ1v) is 9.20. The molecule has 3 atom stereocenters. The third-order valence-electron chi connectivity index (χ3n) is 5.04. The number of nitrogens with one attached hydrogen (secondary N) is 1. The van der Waals surface area contributed by atoms with Gasteiger partial charge in [-0.15, -0.1) is 0 Å². The van der Waals surface area contributed by atoms with Crippen LogP contribution in [0.2, 0.25) is 0 Å². The summed E-state index contributed by atoms with van der Waals surface area (Å²) in [6, 6.07) is 13.9. The van der Waals surface area contributed by atoms with Crippen LogP contribution in [0.25, 0.3) is 0 Å². The second-order valence-corrected chi connectivity index (χ2v) is 7.37. The standard InChI is InChI=1S/C21H23FN2O5/c1-21(12-24(28)20(27)14-7-3-2-4-8-14)13-29-17(18(21)25)11-23-19(26)15-9-5-6-10-16(15)22/h2-10,17-18,25,28H,11-13H2,1H3,(H,23,26)/t17-,18-,21-/m1/s1. The average molecular weight is 402 g/mol. The van der Waals surface area contributed by atoms with Crippen LogP contribution in [0.3, 0.4) is 0 Å². The van der Waals surface area contributed by atoms with Crippen molar-refractivity contribution in [3.63, 3.8) is 0 Å². The summed E-state index contributed by atoms with van der Waals surface area (Å²) in [5, 5.41) is 24.0. The molecule has 2 aromatic rings. The van der Waals surface area contributed by atoms with Crippen LogP contribution in [0.15, 0.2) is 54.6 Å². The van der Waals surface area contributed by atoms with Crippen LogP contribution in [-0.2, 0) is 4.74 Å². The number of carbonyl (C=O) groups is 2. The first kappa shape index (κ1) is 20.9. The summed E-state index contributed by atoms with van der Waals surface area (Å²) in [5.74, 6) is -1.84. The molecule has 7 nitrogen and oxygen atoms in total. The normalized spacial score (nSPS) is 23.6. The highest BCUT2D eigenvalue weighted by atomic mass is 19.1. The molecule has 1 aliphatic heterocycles. The highest BCUT2D eigenvalue weighted by Crippen LogP contribution is 2.33. The smallest absolute Gasteiger partial charge is 0.277 e. The predicted octanol–water partition coefficient (Wildman–Crippen LogP) is 1.85. The minimum absolute atomic E-state index is 0.0397. The molecule has 1 fully saturated rings. The van der Waals surface area contributed by atoms with Crippen LogP contribution in [0.4, 0.5) is 4.39 Å². The number of hydrogen-bond donors (Lipinski definition) is 3. The molecule has 1 heterocycles. The number of rotatable bonds is 6. The Bertz CT molecular complexity index is 878. The van der Waals surface area contributed by atoms with Gasteiger partial charge in [0.1, 0.15) is 11.9 Å². The van der Waals surface area contributed by atoms with Crippen molar-refractivity contribution in [3.05, 3.63) is 71.5 Å². The number of benzene rings is 2. The maximum absolute atomic E-state index is 13.7. The van der Waals surface area contributed by atoms with E-state index in [-0.39, 0.29) is 25.3 Å². The molecular weight excluding hydrogens is 379 g/mol. The zero-order valence-electron chi connectivity index (χ0n) is 15.9. The molecule has 0 unspecified atom stereocenters. The number of hydrogen-bond acceptors (Lipinski definition) is 5. The molecule has 1 saturated heterocycles. The van der Waals surface area contributed by atoms with Crippen LogP contribution < -0.4 is 5.32 Å². The number of nitrogens with zero attached hydrogens (tertiary/aromatic N) is 1. The molecule has 0 bridgehead atoms. The van der Waals surface area contributed by atoms with Crippen molar-refractivity contribution in [2.24, 2.45) is 5.41 Å². The summed E-state index contributed by atoms with van der Waals surface area (Å²) in [6.45, 7) is 1.56. The van der Waals surface area contributed by atoms with Crippen LogP contribution in [-0.4, -0.2) is 59.1 Å². The second-order valence-electron chi connectivity index (χ2n) is 7.37. The number of hydroxylamine groups is 2. The largest absolute Gasteiger partial charge is 0.390 e. The summed E-state index contributed by atoms with van der Waals surface area (Å²) in [5.41, 5.74) is -0.717. The van der Waals surface area contributed by atoms with Gasteiger partial charge < -0.3 is 15.2 Å². The summed E-state index contributed by atoms with van der Waals surface area (Å²) in [6.07, 6.45) is -1.81. The highest BCUT2D eigenvalue weighted by Gasteiger charge is 2.47.